The van der Waals surface area contributed by atoms with E-state index in [9.17, 15) is 13.2 Å². The molecule has 0 unspecified atom stereocenters. The zero-order valence-corrected chi connectivity index (χ0v) is 22.1. The Hall–Kier alpha value is -3.47. The van der Waals surface area contributed by atoms with Crippen LogP contribution in [0.25, 0.3) is 10.2 Å². The molecule has 0 saturated heterocycles. The number of thiazole rings is 1. The summed E-state index contributed by atoms with van der Waals surface area (Å²) in [6, 6.07) is 18.8. The third-order valence-corrected chi connectivity index (χ3v) is 8.67. The molecule has 0 aliphatic rings. The summed E-state index contributed by atoms with van der Waals surface area (Å²) in [6.45, 7) is 2.77. The lowest BCUT2D eigenvalue weighted by atomic mass is 10.2. The number of sulfonamides is 1. The van der Waals surface area contributed by atoms with Crippen molar-refractivity contribution in [1.82, 2.24) is 8.87 Å². The Morgan fingerprint density at radius 1 is 0.972 bits per heavy atom. The van der Waals surface area contributed by atoms with Crippen molar-refractivity contribution in [3.05, 3.63) is 82.7 Å². The van der Waals surface area contributed by atoms with Crippen LogP contribution in [0.2, 0.25) is 0 Å². The number of hydrogen-bond donors (Lipinski definition) is 0. The minimum atomic E-state index is -3.72. The first-order valence-corrected chi connectivity index (χ1v) is 13.5. The summed E-state index contributed by atoms with van der Waals surface area (Å²) < 4.78 is 41.0. The van der Waals surface area contributed by atoms with Crippen LogP contribution in [0.5, 0.6) is 11.5 Å². The van der Waals surface area contributed by atoms with E-state index in [1.54, 1.807) is 14.2 Å². The van der Waals surface area contributed by atoms with E-state index < -0.39 is 15.9 Å². The Balaban J connectivity index is 1.65. The first-order valence-electron chi connectivity index (χ1n) is 11.2. The van der Waals surface area contributed by atoms with Crippen molar-refractivity contribution in [1.29, 1.82) is 0 Å². The van der Waals surface area contributed by atoms with Crippen LogP contribution in [-0.4, -0.2) is 44.5 Å². The molecule has 4 rings (SSSR count). The smallest absolute Gasteiger partial charge is 0.279 e. The molecule has 1 heterocycles. The maximum atomic E-state index is 13.0. The normalized spacial score (nSPS) is 12.3. The van der Waals surface area contributed by atoms with Crippen LogP contribution < -0.4 is 14.3 Å². The molecule has 1 amide bonds. The summed E-state index contributed by atoms with van der Waals surface area (Å²) in [6.07, 6.45) is 0. The van der Waals surface area contributed by atoms with Crippen LogP contribution in [0.15, 0.2) is 76.6 Å². The van der Waals surface area contributed by atoms with Crippen LogP contribution in [0.1, 0.15) is 22.8 Å². The second kappa shape index (κ2) is 10.7. The number of rotatable bonds is 8. The predicted octanol–water partition coefficient (Wildman–Crippen LogP) is 4.30. The maximum Gasteiger partial charge on any atom is 0.279 e. The second-order valence-corrected chi connectivity index (χ2v) is 11.0. The monoisotopic (exact) mass is 525 g/mol. The molecule has 0 saturated carbocycles. The molecule has 0 fully saturated rings. The van der Waals surface area contributed by atoms with Crippen molar-refractivity contribution in [2.75, 3.05) is 21.3 Å². The fourth-order valence-electron chi connectivity index (χ4n) is 3.86. The SMILES string of the molecule is CCn1c(=NC(=O)c2ccc(S(=O)(=O)N(C)Cc3ccccc3)cc2)sc2c(OC)ccc(OC)c21. The lowest BCUT2D eigenvalue weighted by molar-refractivity contribution is 0.0997. The van der Waals surface area contributed by atoms with Gasteiger partial charge >= 0.3 is 0 Å². The second-order valence-electron chi connectivity index (χ2n) is 7.96. The van der Waals surface area contributed by atoms with Crippen molar-refractivity contribution in [3.63, 3.8) is 0 Å². The third-order valence-electron chi connectivity index (χ3n) is 5.76. The number of aryl methyl sites for hydroxylation is 1. The summed E-state index contributed by atoms with van der Waals surface area (Å²) in [5.74, 6) is 0.858. The Morgan fingerprint density at radius 2 is 1.61 bits per heavy atom. The Bertz CT molecular complexity index is 1560. The van der Waals surface area contributed by atoms with E-state index in [1.165, 1.54) is 47.0 Å². The van der Waals surface area contributed by atoms with Crippen molar-refractivity contribution in [3.8, 4) is 11.5 Å². The molecule has 4 aromatic rings. The maximum absolute atomic E-state index is 13.0. The van der Waals surface area contributed by atoms with E-state index in [0.29, 0.717) is 28.4 Å². The van der Waals surface area contributed by atoms with Crippen molar-refractivity contribution in [2.24, 2.45) is 4.99 Å². The first kappa shape index (κ1) is 25.6. The fourth-order valence-corrected chi connectivity index (χ4v) is 6.22. The molecule has 0 bridgehead atoms. The van der Waals surface area contributed by atoms with E-state index in [0.717, 1.165) is 15.8 Å². The summed E-state index contributed by atoms with van der Waals surface area (Å²) in [5, 5.41) is 0. The Labute approximate surface area is 214 Å². The van der Waals surface area contributed by atoms with Gasteiger partial charge in [0.15, 0.2) is 4.80 Å². The van der Waals surface area contributed by atoms with Gasteiger partial charge in [-0.25, -0.2) is 8.42 Å². The lowest BCUT2D eigenvalue weighted by Crippen LogP contribution is -2.26. The predicted molar refractivity (Wildman–Crippen MR) is 140 cm³/mol. The van der Waals surface area contributed by atoms with Crippen LogP contribution in [0, 0.1) is 0 Å². The summed E-state index contributed by atoms with van der Waals surface area (Å²) in [7, 11) is 0.992. The lowest BCUT2D eigenvalue weighted by Gasteiger charge is -2.17. The van der Waals surface area contributed by atoms with Crippen LogP contribution in [0.4, 0.5) is 0 Å². The third kappa shape index (κ3) is 4.92. The quantitative estimate of drug-likeness (QED) is 0.342. The van der Waals surface area contributed by atoms with Gasteiger partial charge in [0.2, 0.25) is 10.0 Å². The Kier molecular flexibility index (Phi) is 7.58. The zero-order chi connectivity index (χ0) is 25.9. The Morgan fingerprint density at radius 3 is 2.22 bits per heavy atom. The van der Waals surface area contributed by atoms with Crippen LogP contribution in [0.3, 0.4) is 0 Å². The molecule has 0 aliphatic heterocycles. The molecule has 3 aromatic carbocycles. The average Bonchev–Trinajstić information content (AvgIpc) is 3.26. The molecule has 0 radical (unpaired) electrons. The topological polar surface area (TPSA) is 90.2 Å². The largest absolute Gasteiger partial charge is 0.495 e. The van der Waals surface area contributed by atoms with Gasteiger partial charge in [0, 0.05) is 25.7 Å². The highest BCUT2D eigenvalue weighted by Gasteiger charge is 2.21. The minimum Gasteiger partial charge on any atom is -0.495 e. The molecule has 0 N–H and O–H groups in total. The van der Waals surface area contributed by atoms with E-state index in [4.69, 9.17) is 9.47 Å². The summed E-state index contributed by atoms with van der Waals surface area (Å²) in [4.78, 5) is 18.0. The van der Waals surface area contributed by atoms with Crippen LogP contribution >= 0.6 is 11.3 Å². The van der Waals surface area contributed by atoms with Crippen molar-refractivity contribution in [2.45, 2.75) is 24.9 Å². The number of methoxy groups -OCH3 is 2. The highest BCUT2D eigenvalue weighted by atomic mass is 32.2. The molecule has 188 valence electrons. The molecule has 0 spiro atoms. The number of amides is 1. The average molecular weight is 526 g/mol. The summed E-state index contributed by atoms with van der Waals surface area (Å²) >= 11 is 1.33. The van der Waals surface area contributed by atoms with Gasteiger partial charge in [-0.3, -0.25) is 4.79 Å². The molecule has 0 aliphatic carbocycles. The van der Waals surface area contributed by atoms with Crippen molar-refractivity contribution < 1.29 is 22.7 Å². The van der Waals surface area contributed by atoms with Gasteiger partial charge in [-0.05, 0) is 48.9 Å². The van der Waals surface area contributed by atoms with Crippen LogP contribution in [-0.2, 0) is 23.1 Å². The van der Waals surface area contributed by atoms with Gasteiger partial charge in [0.1, 0.15) is 21.7 Å². The number of fused-ring (bicyclic) bond motifs is 1. The van der Waals surface area contributed by atoms with E-state index >= 15 is 0 Å². The van der Waals surface area contributed by atoms with Crippen molar-refractivity contribution >= 4 is 37.5 Å². The number of carbonyl (C=O) groups excluding carboxylic acids is 1. The number of hydrogen-bond acceptors (Lipinski definition) is 6. The molecule has 0 atom stereocenters. The summed E-state index contributed by atoms with van der Waals surface area (Å²) in [5.41, 5.74) is 1.98. The number of ether oxygens (including phenoxy) is 2. The number of carbonyl (C=O) groups is 1. The zero-order valence-electron chi connectivity index (χ0n) is 20.5. The molecule has 1 aromatic heterocycles. The highest BCUT2D eigenvalue weighted by molar-refractivity contribution is 7.89. The van der Waals surface area contributed by atoms with E-state index in [1.807, 2.05) is 54.0 Å². The number of benzene rings is 3. The van der Waals surface area contributed by atoms with Gasteiger partial charge in [0.05, 0.1) is 19.1 Å². The minimum absolute atomic E-state index is 0.109. The van der Waals surface area contributed by atoms with Gasteiger partial charge in [-0.15, -0.1) is 0 Å². The standard InChI is InChI=1S/C26H27N3O5S2/c1-5-29-23-21(33-3)15-16-22(34-4)24(23)35-26(29)27-25(30)19-11-13-20(14-12-19)36(31,32)28(2)17-18-9-7-6-8-10-18/h6-16H,5,17H2,1-4H3. The van der Waals surface area contributed by atoms with E-state index in [2.05, 4.69) is 4.99 Å². The van der Waals surface area contributed by atoms with E-state index in [-0.39, 0.29) is 11.4 Å². The number of nitrogens with zero attached hydrogens (tertiary/aromatic N) is 3. The molecule has 10 heteroatoms. The fraction of sp³-hybridized carbons (Fsp3) is 0.231. The number of aromatic nitrogens is 1. The highest BCUT2D eigenvalue weighted by Crippen LogP contribution is 2.35. The van der Waals surface area contributed by atoms with Gasteiger partial charge in [-0.2, -0.15) is 9.30 Å². The van der Waals surface area contributed by atoms with Gasteiger partial charge < -0.3 is 14.0 Å². The molecule has 36 heavy (non-hydrogen) atoms. The first-order chi connectivity index (χ1) is 17.3. The molecule has 8 nitrogen and oxygen atoms in total. The molecular weight excluding hydrogens is 498 g/mol. The van der Waals surface area contributed by atoms with Gasteiger partial charge in [0.25, 0.3) is 5.91 Å². The molecular formula is C26H27N3O5S2. The van der Waals surface area contributed by atoms with Gasteiger partial charge in [-0.1, -0.05) is 41.7 Å².